The number of hydrogen-bond donors (Lipinski definition) is 1. The highest BCUT2D eigenvalue weighted by Crippen LogP contribution is 2.22. The van der Waals surface area contributed by atoms with Crippen LogP contribution in [-0.2, 0) is 9.53 Å². The van der Waals surface area contributed by atoms with Gasteiger partial charge in [-0.25, -0.2) is 0 Å². The third-order valence-electron chi connectivity index (χ3n) is 4.83. The minimum Gasteiger partial charge on any atom is -0.381 e. The van der Waals surface area contributed by atoms with Crippen LogP contribution in [0.4, 0.5) is 0 Å². The van der Waals surface area contributed by atoms with Crippen LogP contribution in [0, 0.1) is 11.8 Å². The summed E-state index contributed by atoms with van der Waals surface area (Å²) in [5, 5.41) is 0. The Morgan fingerprint density at radius 2 is 2.10 bits per heavy atom. The summed E-state index contributed by atoms with van der Waals surface area (Å²) in [6, 6.07) is -0.332. The average Bonchev–Trinajstić information content (AvgIpc) is 2.95. The second-order valence-corrected chi connectivity index (χ2v) is 6.68. The molecule has 2 aliphatic heterocycles. The molecule has 1 amide bonds. The van der Waals surface area contributed by atoms with Crippen LogP contribution in [0.1, 0.15) is 32.6 Å². The summed E-state index contributed by atoms with van der Waals surface area (Å²) in [6.07, 6.45) is 4.13. The predicted octanol–water partition coefficient (Wildman–Crippen LogP) is 0.931. The molecule has 0 radical (unpaired) electrons. The van der Waals surface area contributed by atoms with Crippen molar-refractivity contribution in [3.8, 4) is 0 Å². The van der Waals surface area contributed by atoms with Gasteiger partial charge >= 0.3 is 0 Å². The largest absolute Gasteiger partial charge is 0.381 e. The molecular weight excluding hydrogens is 266 g/mol. The van der Waals surface area contributed by atoms with Gasteiger partial charge in [-0.15, -0.1) is 0 Å². The number of carbonyl (C=O) groups excluding carboxylic acids is 1. The summed E-state index contributed by atoms with van der Waals surface area (Å²) in [5.74, 6) is 1.06. The number of nitrogens with zero attached hydrogens (tertiary/aromatic N) is 2. The highest BCUT2D eigenvalue weighted by Gasteiger charge is 2.33. The number of nitrogens with two attached hydrogens (primary N) is 1. The molecular formula is C16H31N3O2. The number of likely N-dealkylation sites (tertiary alicyclic amines) is 1. The topological polar surface area (TPSA) is 58.8 Å². The van der Waals surface area contributed by atoms with Gasteiger partial charge in [0, 0.05) is 32.8 Å². The fourth-order valence-electron chi connectivity index (χ4n) is 3.58. The van der Waals surface area contributed by atoms with E-state index in [0.29, 0.717) is 11.8 Å². The van der Waals surface area contributed by atoms with Crippen LogP contribution in [0.5, 0.6) is 0 Å². The Balaban J connectivity index is 1.78. The third-order valence-corrected chi connectivity index (χ3v) is 4.83. The van der Waals surface area contributed by atoms with Crippen LogP contribution in [0.2, 0.25) is 0 Å². The van der Waals surface area contributed by atoms with E-state index in [1.54, 1.807) is 0 Å². The predicted molar refractivity (Wildman–Crippen MR) is 84.0 cm³/mol. The van der Waals surface area contributed by atoms with Crippen molar-refractivity contribution in [1.82, 2.24) is 9.80 Å². The molecule has 0 aromatic heterocycles. The first kappa shape index (κ1) is 16.7. The zero-order valence-corrected chi connectivity index (χ0v) is 13.6. The maximum Gasteiger partial charge on any atom is 0.239 e. The molecule has 0 spiro atoms. The summed E-state index contributed by atoms with van der Waals surface area (Å²) < 4.78 is 5.35. The number of ether oxygens (including phenoxy) is 1. The van der Waals surface area contributed by atoms with Crippen molar-refractivity contribution in [3.63, 3.8) is 0 Å². The van der Waals surface area contributed by atoms with Gasteiger partial charge in [-0.3, -0.25) is 4.79 Å². The van der Waals surface area contributed by atoms with Gasteiger partial charge in [-0.1, -0.05) is 6.92 Å². The molecule has 2 rings (SSSR count). The van der Waals surface area contributed by atoms with Crippen LogP contribution < -0.4 is 5.73 Å². The van der Waals surface area contributed by atoms with E-state index in [4.69, 9.17) is 10.5 Å². The molecule has 5 nitrogen and oxygen atoms in total. The van der Waals surface area contributed by atoms with Crippen LogP contribution in [0.25, 0.3) is 0 Å². The van der Waals surface area contributed by atoms with E-state index in [2.05, 4.69) is 18.9 Å². The second-order valence-electron chi connectivity index (χ2n) is 6.68. The van der Waals surface area contributed by atoms with E-state index in [1.165, 1.54) is 6.42 Å². The quantitative estimate of drug-likeness (QED) is 0.792. The molecule has 21 heavy (non-hydrogen) atoms. The SMILES string of the molecule is CCCN(C)CC1CCN(C(=O)C(N)C2CCOCC2)C1. The summed E-state index contributed by atoms with van der Waals surface area (Å²) in [5.41, 5.74) is 6.21. The maximum atomic E-state index is 12.5. The van der Waals surface area contributed by atoms with E-state index < -0.39 is 0 Å². The van der Waals surface area contributed by atoms with Gasteiger partial charge in [0.25, 0.3) is 0 Å². The fourth-order valence-corrected chi connectivity index (χ4v) is 3.58. The highest BCUT2D eigenvalue weighted by atomic mass is 16.5. The van der Waals surface area contributed by atoms with Crippen molar-refractivity contribution in [1.29, 1.82) is 0 Å². The first-order chi connectivity index (χ1) is 10.1. The fraction of sp³-hybridized carbons (Fsp3) is 0.938. The van der Waals surface area contributed by atoms with E-state index in [-0.39, 0.29) is 11.9 Å². The molecule has 2 saturated heterocycles. The maximum absolute atomic E-state index is 12.5. The Bertz CT molecular complexity index is 331. The Morgan fingerprint density at radius 1 is 1.38 bits per heavy atom. The molecule has 2 unspecified atom stereocenters. The van der Waals surface area contributed by atoms with Gasteiger partial charge < -0.3 is 20.3 Å². The highest BCUT2D eigenvalue weighted by molar-refractivity contribution is 5.82. The van der Waals surface area contributed by atoms with Gasteiger partial charge in [0.2, 0.25) is 5.91 Å². The van der Waals surface area contributed by atoms with Gasteiger partial charge in [-0.05, 0) is 51.1 Å². The second kappa shape index (κ2) is 8.11. The lowest BCUT2D eigenvalue weighted by Gasteiger charge is -2.30. The normalized spacial score (nSPS) is 25.5. The smallest absolute Gasteiger partial charge is 0.239 e. The molecule has 2 heterocycles. The number of rotatable bonds is 6. The van der Waals surface area contributed by atoms with E-state index >= 15 is 0 Å². The van der Waals surface area contributed by atoms with Crippen molar-refractivity contribution in [2.24, 2.45) is 17.6 Å². The Morgan fingerprint density at radius 3 is 2.76 bits per heavy atom. The van der Waals surface area contributed by atoms with Gasteiger partial charge in [0.15, 0.2) is 0 Å². The van der Waals surface area contributed by atoms with Crippen molar-refractivity contribution >= 4 is 5.91 Å². The standard InChI is InChI=1S/C16H31N3O2/c1-3-7-18(2)11-13-4-8-19(12-13)16(20)15(17)14-5-9-21-10-6-14/h13-15H,3-12,17H2,1-2H3. The molecule has 0 aromatic rings. The molecule has 0 aliphatic carbocycles. The molecule has 0 bridgehead atoms. The Kier molecular flexibility index (Phi) is 6.45. The lowest BCUT2D eigenvalue weighted by Crippen LogP contribution is -2.48. The average molecular weight is 297 g/mol. The van der Waals surface area contributed by atoms with Crippen molar-refractivity contribution in [2.45, 2.75) is 38.6 Å². The van der Waals surface area contributed by atoms with Crippen LogP contribution >= 0.6 is 0 Å². The van der Waals surface area contributed by atoms with Crippen LogP contribution in [-0.4, -0.2) is 68.2 Å². The van der Waals surface area contributed by atoms with Crippen molar-refractivity contribution in [3.05, 3.63) is 0 Å². The Labute approximate surface area is 128 Å². The third kappa shape index (κ3) is 4.66. The van der Waals surface area contributed by atoms with Crippen LogP contribution in [0.3, 0.4) is 0 Å². The summed E-state index contributed by atoms with van der Waals surface area (Å²) >= 11 is 0. The minimum absolute atomic E-state index is 0.155. The zero-order valence-electron chi connectivity index (χ0n) is 13.6. The molecule has 2 fully saturated rings. The molecule has 2 N–H and O–H groups in total. The van der Waals surface area contributed by atoms with E-state index in [9.17, 15) is 4.79 Å². The van der Waals surface area contributed by atoms with Gasteiger partial charge in [0.1, 0.15) is 0 Å². The molecule has 2 atom stereocenters. The zero-order chi connectivity index (χ0) is 15.2. The van der Waals surface area contributed by atoms with Crippen molar-refractivity contribution < 1.29 is 9.53 Å². The lowest BCUT2D eigenvalue weighted by atomic mass is 9.91. The number of carbonyl (C=O) groups is 1. The van der Waals surface area contributed by atoms with Gasteiger partial charge in [-0.2, -0.15) is 0 Å². The van der Waals surface area contributed by atoms with E-state index in [1.807, 2.05) is 4.90 Å². The minimum atomic E-state index is -0.332. The number of amides is 1. The first-order valence-corrected chi connectivity index (χ1v) is 8.42. The molecule has 5 heteroatoms. The first-order valence-electron chi connectivity index (χ1n) is 8.42. The van der Waals surface area contributed by atoms with Crippen molar-refractivity contribution in [2.75, 3.05) is 46.4 Å². The lowest BCUT2D eigenvalue weighted by molar-refractivity contribution is -0.133. The monoisotopic (exact) mass is 297 g/mol. The number of hydrogen-bond acceptors (Lipinski definition) is 4. The molecule has 122 valence electrons. The van der Waals surface area contributed by atoms with Gasteiger partial charge in [0.05, 0.1) is 6.04 Å². The molecule has 0 aromatic carbocycles. The van der Waals surface area contributed by atoms with E-state index in [0.717, 1.165) is 58.7 Å². The molecule has 2 aliphatic rings. The Hall–Kier alpha value is -0.650. The summed E-state index contributed by atoms with van der Waals surface area (Å²) in [7, 11) is 2.17. The molecule has 0 saturated carbocycles. The summed E-state index contributed by atoms with van der Waals surface area (Å²) in [4.78, 5) is 16.9. The van der Waals surface area contributed by atoms with Crippen LogP contribution in [0.15, 0.2) is 0 Å². The summed E-state index contributed by atoms with van der Waals surface area (Å²) in [6.45, 7) is 7.67.